The van der Waals surface area contributed by atoms with Gasteiger partial charge in [-0.1, -0.05) is 55.5 Å². The topological polar surface area (TPSA) is 105 Å². The van der Waals surface area contributed by atoms with E-state index < -0.39 is 17.5 Å². The molecule has 3 N–H and O–H groups in total. The average molecular weight is 479 g/mol. The zero-order valence-corrected chi connectivity index (χ0v) is 20.4. The maximum absolute atomic E-state index is 12.6. The van der Waals surface area contributed by atoms with Gasteiger partial charge in [0.25, 0.3) is 0 Å². The summed E-state index contributed by atoms with van der Waals surface area (Å²) in [5.41, 5.74) is 3.78. The number of alkyl carbamates (subject to hydrolysis) is 1. The van der Waals surface area contributed by atoms with Crippen molar-refractivity contribution >= 4 is 18.0 Å². The van der Waals surface area contributed by atoms with E-state index in [-0.39, 0.29) is 36.9 Å². The molecule has 0 spiro atoms. The Hall–Kier alpha value is -3.35. The normalized spacial score (nSPS) is 20.4. The summed E-state index contributed by atoms with van der Waals surface area (Å²) < 4.78 is 5.64. The smallest absolute Gasteiger partial charge is 0.407 e. The van der Waals surface area contributed by atoms with Crippen LogP contribution < -0.4 is 10.6 Å². The highest BCUT2D eigenvalue weighted by Gasteiger charge is 2.33. The van der Waals surface area contributed by atoms with Gasteiger partial charge in [-0.2, -0.15) is 0 Å². The average Bonchev–Trinajstić information content (AvgIpc) is 3.42. The Balaban J connectivity index is 1.23. The van der Waals surface area contributed by atoms with Crippen LogP contribution in [0.5, 0.6) is 0 Å². The zero-order valence-electron chi connectivity index (χ0n) is 20.4. The van der Waals surface area contributed by atoms with Crippen LogP contribution in [0.25, 0.3) is 11.1 Å². The second-order valence-electron chi connectivity index (χ2n) is 10.0. The third-order valence-corrected chi connectivity index (χ3v) is 7.65. The van der Waals surface area contributed by atoms with Crippen LogP contribution in [0.15, 0.2) is 48.5 Å². The lowest BCUT2D eigenvalue weighted by molar-refractivity contribution is -0.148. The van der Waals surface area contributed by atoms with Crippen LogP contribution in [0, 0.1) is 11.3 Å². The number of hydrogen-bond donors (Lipinski definition) is 3. The number of carbonyl (C=O) groups excluding carboxylic acids is 2. The van der Waals surface area contributed by atoms with E-state index in [2.05, 4.69) is 34.9 Å². The fraction of sp³-hybridized carbons (Fsp3) is 0.464. The highest BCUT2D eigenvalue weighted by atomic mass is 16.5. The molecule has 3 atom stereocenters. The predicted octanol–water partition coefficient (Wildman–Crippen LogP) is 4.70. The van der Waals surface area contributed by atoms with Gasteiger partial charge in [-0.15, -0.1) is 0 Å². The molecular weight excluding hydrogens is 444 g/mol. The van der Waals surface area contributed by atoms with E-state index in [1.807, 2.05) is 24.3 Å². The number of aliphatic carboxylic acids is 1. The first kappa shape index (κ1) is 24.8. The molecule has 2 aromatic carbocycles. The second-order valence-corrected chi connectivity index (χ2v) is 10.0. The Bertz CT molecular complexity index is 1050. The molecule has 0 radical (unpaired) electrons. The molecule has 0 aliphatic heterocycles. The number of carboxylic acids is 1. The molecular formula is C28H34N2O5. The van der Waals surface area contributed by atoms with E-state index >= 15 is 0 Å². The van der Waals surface area contributed by atoms with Gasteiger partial charge in [0.2, 0.25) is 5.91 Å². The minimum atomic E-state index is -0.959. The van der Waals surface area contributed by atoms with Crippen molar-refractivity contribution in [2.24, 2.45) is 11.3 Å². The van der Waals surface area contributed by atoms with Crippen molar-refractivity contribution in [3.8, 4) is 11.1 Å². The van der Waals surface area contributed by atoms with E-state index in [1.54, 1.807) is 13.8 Å². The van der Waals surface area contributed by atoms with Crippen molar-refractivity contribution in [3.05, 3.63) is 59.7 Å². The summed E-state index contributed by atoms with van der Waals surface area (Å²) in [7, 11) is 0. The largest absolute Gasteiger partial charge is 0.481 e. The molecule has 0 aromatic heterocycles. The lowest BCUT2D eigenvalue weighted by atomic mass is 9.87. The van der Waals surface area contributed by atoms with Crippen molar-refractivity contribution in [1.29, 1.82) is 0 Å². The fourth-order valence-corrected chi connectivity index (χ4v) is 5.18. The molecule has 0 bridgehead atoms. The lowest BCUT2D eigenvalue weighted by Gasteiger charge is -2.23. The number of ether oxygens (including phenoxy) is 1. The maximum atomic E-state index is 12.6. The predicted molar refractivity (Wildman–Crippen MR) is 133 cm³/mol. The maximum Gasteiger partial charge on any atom is 0.407 e. The summed E-state index contributed by atoms with van der Waals surface area (Å²) in [6, 6.07) is 16.4. The van der Waals surface area contributed by atoms with Crippen molar-refractivity contribution in [2.75, 3.05) is 13.2 Å². The summed E-state index contributed by atoms with van der Waals surface area (Å²) in [6.45, 7) is 3.83. The van der Waals surface area contributed by atoms with Crippen LogP contribution in [-0.4, -0.2) is 42.3 Å². The second kappa shape index (κ2) is 10.5. The van der Waals surface area contributed by atoms with E-state index in [0.717, 1.165) is 12.8 Å². The quantitative estimate of drug-likeness (QED) is 0.485. The third kappa shape index (κ3) is 5.50. The van der Waals surface area contributed by atoms with Gasteiger partial charge in [-0.05, 0) is 60.8 Å². The molecule has 0 heterocycles. The Morgan fingerprint density at radius 1 is 1.03 bits per heavy atom. The number of carbonyl (C=O) groups is 3. The van der Waals surface area contributed by atoms with E-state index in [4.69, 9.17) is 4.74 Å². The number of nitrogens with one attached hydrogen (secondary N) is 2. The third-order valence-electron chi connectivity index (χ3n) is 7.65. The van der Waals surface area contributed by atoms with Crippen LogP contribution in [0.1, 0.15) is 63.0 Å². The Kier molecular flexibility index (Phi) is 7.43. The van der Waals surface area contributed by atoms with E-state index in [1.165, 1.54) is 22.3 Å². The minimum Gasteiger partial charge on any atom is -0.481 e. The van der Waals surface area contributed by atoms with Gasteiger partial charge in [0.15, 0.2) is 0 Å². The van der Waals surface area contributed by atoms with Gasteiger partial charge in [0.1, 0.15) is 6.61 Å². The van der Waals surface area contributed by atoms with Crippen molar-refractivity contribution < 1.29 is 24.2 Å². The van der Waals surface area contributed by atoms with Crippen LogP contribution >= 0.6 is 0 Å². The van der Waals surface area contributed by atoms with E-state index in [9.17, 15) is 19.5 Å². The van der Waals surface area contributed by atoms with Crippen LogP contribution in [-0.2, 0) is 14.3 Å². The van der Waals surface area contributed by atoms with Crippen LogP contribution in [0.4, 0.5) is 4.79 Å². The standard InChI is InChI=1S/C28H34N2O5/c1-3-28(2,26(32)33)17-29-25(31)15-18-12-13-19(14-18)30-27(34)35-16-24-22-10-6-4-8-20(22)21-9-5-7-11-23(21)24/h4-11,18-19,24H,3,12-17H2,1-2H3,(H,29,31)(H,30,34)(H,32,33)/t18-,19+,28?/m0/s1. The molecule has 2 aromatic rings. The van der Waals surface area contributed by atoms with Gasteiger partial charge in [0, 0.05) is 24.9 Å². The zero-order chi connectivity index (χ0) is 25.0. The van der Waals surface area contributed by atoms with Gasteiger partial charge < -0.3 is 20.5 Å². The minimum absolute atomic E-state index is 0.0211. The highest BCUT2D eigenvalue weighted by molar-refractivity contribution is 5.80. The molecule has 7 nitrogen and oxygen atoms in total. The first-order valence-electron chi connectivity index (χ1n) is 12.4. The van der Waals surface area contributed by atoms with Crippen molar-refractivity contribution in [3.63, 3.8) is 0 Å². The number of carboxylic acid groups (broad SMARTS) is 1. The number of amides is 2. The van der Waals surface area contributed by atoms with Gasteiger partial charge >= 0.3 is 12.1 Å². The van der Waals surface area contributed by atoms with Gasteiger partial charge in [0.05, 0.1) is 5.41 Å². The fourth-order valence-electron chi connectivity index (χ4n) is 5.18. The Morgan fingerprint density at radius 2 is 1.66 bits per heavy atom. The van der Waals surface area contributed by atoms with Crippen LogP contribution in [0.2, 0.25) is 0 Å². The molecule has 0 saturated heterocycles. The molecule has 1 fully saturated rings. The lowest BCUT2D eigenvalue weighted by Crippen LogP contribution is -2.41. The molecule has 1 saturated carbocycles. The number of hydrogen-bond acceptors (Lipinski definition) is 4. The van der Waals surface area contributed by atoms with E-state index in [0.29, 0.717) is 19.3 Å². The molecule has 4 rings (SSSR count). The molecule has 7 heteroatoms. The highest BCUT2D eigenvalue weighted by Crippen LogP contribution is 2.44. The Labute approximate surface area is 206 Å². The molecule has 186 valence electrons. The van der Waals surface area contributed by atoms with Crippen LogP contribution in [0.3, 0.4) is 0 Å². The molecule has 2 aliphatic carbocycles. The van der Waals surface area contributed by atoms with Crippen molar-refractivity contribution in [2.45, 2.75) is 57.9 Å². The summed E-state index contributed by atoms with van der Waals surface area (Å²) in [5, 5.41) is 15.1. The summed E-state index contributed by atoms with van der Waals surface area (Å²) in [4.78, 5) is 36.3. The van der Waals surface area contributed by atoms with Gasteiger partial charge in [-0.3, -0.25) is 9.59 Å². The number of fused-ring (bicyclic) bond motifs is 3. The number of rotatable bonds is 9. The monoisotopic (exact) mass is 478 g/mol. The first-order chi connectivity index (χ1) is 16.8. The Morgan fingerprint density at radius 3 is 2.26 bits per heavy atom. The van der Waals surface area contributed by atoms with Crippen molar-refractivity contribution in [1.82, 2.24) is 10.6 Å². The number of benzene rings is 2. The SMILES string of the molecule is CCC(C)(CNC(=O)C[C@H]1CC[C@@H](NC(=O)OCC2c3ccccc3-c3ccccc32)C1)C(=O)O. The molecule has 1 unspecified atom stereocenters. The molecule has 2 aliphatic rings. The molecule has 2 amide bonds. The van der Waals surface area contributed by atoms with Gasteiger partial charge in [-0.25, -0.2) is 4.79 Å². The first-order valence-corrected chi connectivity index (χ1v) is 12.4. The molecule has 35 heavy (non-hydrogen) atoms. The summed E-state index contributed by atoms with van der Waals surface area (Å²) in [6.07, 6.45) is 2.69. The summed E-state index contributed by atoms with van der Waals surface area (Å²) in [5.74, 6) is -0.870. The summed E-state index contributed by atoms with van der Waals surface area (Å²) >= 11 is 0.